The zero-order valence-corrected chi connectivity index (χ0v) is 10.4. The second-order valence-electron chi connectivity index (χ2n) is 4.87. The molecule has 2 aliphatic heterocycles. The van der Waals surface area contributed by atoms with E-state index in [1.54, 1.807) is 6.20 Å². The van der Waals surface area contributed by atoms with Gasteiger partial charge in [0, 0.05) is 25.7 Å². The molecule has 6 heteroatoms. The number of nitrogens with one attached hydrogen (secondary N) is 2. The summed E-state index contributed by atoms with van der Waals surface area (Å²) in [6.45, 7) is 5.25. The van der Waals surface area contributed by atoms with Crippen LogP contribution >= 0.6 is 11.6 Å². The molecule has 3 rings (SSSR count). The smallest absolute Gasteiger partial charge is 0.285 e. The van der Waals surface area contributed by atoms with Gasteiger partial charge in [-0.1, -0.05) is 11.6 Å². The van der Waals surface area contributed by atoms with Crippen molar-refractivity contribution in [3.63, 3.8) is 0 Å². The summed E-state index contributed by atoms with van der Waals surface area (Å²) in [5.41, 5.74) is 0.448. The minimum atomic E-state index is -0.313. The maximum Gasteiger partial charge on any atom is 0.285 e. The van der Waals surface area contributed by atoms with Gasteiger partial charge in [-0.2, -0.15) is 5.10 Å². The molecule has 2 N–H and O–H groups in total. The van der Waals surface area contributed by atoms with E-state index in [0.717, 1.165) is 25.3 Å². The normalized spacial score (nSPS) is 31.9. The molecule has 2 aliphatic rings. The molecular weight excluding hydrogens is 240 g/mol. The first kappa shape index (κ1) is 11.0. The predicted molar refractivity (Wildman–Crippen MR) is 66.5 cm³/mol. The Labute approximate surface area is 104 Å². The molecular formula is C11H15ClN4O. The van der Waals surface area contributed by atoms with Crippen LogP contribution in [0.4, 0.5) is 5.69 Å². The van der Waals surface area contributed by atoms with Crippen molar-refractivity contribution >= 4 is 17.3 Å². The molecule has 2 fully saturated rings. The molecule has 3 unspecified atom stereocenters. The number of aromatic amines is 1. The molecule has 0 aliphatic carbocycles. The summed E-state index contributed by atoms with van der Waals surface area (Å²) in [4.78, 5) is 13.7. The van der Waals surface area contributed by atoms with Crippen LogP contribution in [0.2, 0.25) is 5.02 Å². The monoisotopic (exact) mass is 254 g/mol. The van der Waals surface area contributed by atoms with E-state index in [0.29, 0.717) is 17.9 Å². The number of halogens is 1. The van der Waals surface area contributed by atoms with Crippen molar-refractivity contribution in [2.24, 2.45) is 11.8 Å². The Hall–Kier alpha value is -1.07. The summed E-state index contributed by atoms with van der Waals surface area (Å²) in [5, 5.41) is 9.85. The fraction of sp³-hybridized carbons (Fsp3) is 0.636. The van der Waals surface area contributed by atoms with Gasteiger partial charge in [-0.25, -0.2) is 5.10 Å². The van der Waals surface area contributed by atoms with Gasteiger partial charge in [0.2, 0.25) is 0 Å². The van der Waals surface area contributed by atoms with Gasteiger partial charge in [0.1, 0.15) is 5.02 Å². The highest BCUT2D eigenvalue weighted by molar-refractivity contribution is 6.33. The zero-order chi connectivity index (χ0) is 12.0. The largest absolute Gasteiger partial charge is 0.365 e. The van der Waals surface area contributed by atoms with Crippen LogP contribution in [0.1, 0.15) is 6.92 Å². The van der Waals surface area contributed by atoms with Gasteiger partial charge in [-0.3, -0.25) is 4.79 Å². The fourth-order valence-corrected chi connectivity index (χ4v) is 3.26. The van der Waals surface area contributed by atoms with E-state index >= 15 is 0 Å². The second-order valence-corrected chi connectivity index (χ2v) is 5.25. The van der Waals surface area contributed by atoms with Crippen LogP contribution in [0, 0.1) is 11.8 Å². The van der Waals surface area contributed by atoms with E-state index < -0.39 is 0 Å². The van der Waals surface area contributed by atoms with Crippen molar-refractivity contribution < 1.29 is 0 Å². The summed E-state index contributed by atoms with van der Waals surface area (Å²) >= 11 is 6.05. The van der Waals surface area contributed by atoms with E-state index in [1.807, 2.05) is 0 Å². The molecule has 2 saturated heterocycles. The zero-order valence-electron chi connectivity index (χ0n) is 9.61. The molecule has 3 atom stereocenters. The molecule has 0 bridgehead atoms. The molecule has 0 amide bonds. The Morgan fingerprint density at radius 2 is 2.35 bits per heavy atom. The van der Waals surface area contributed by atoms with Crippen LogP contribution in [0.5, 0.6) is 0 Å². The van der Waals surface area contributed by atoms with Crippen molar-refractivity contribution in [3.8, 4) is 0 Å². The quantitative estimate of drug-likeness (QED) is 0.765. The Morgan fingerprint density at radius 3 is 3.12 bits per heavy atom. The van der Waals surface area contributed by atoms with Crippen LogP contribution in [-0.4, -0.2) is 35.9 Å². The van der Waals surface area contributed by atoms with E-state index in [2.05, 4.69) is 27.3 Å². The lowest BCUT2D eigenvalue weighted by Gasteiger charge is -2.26. The van der Waals surface area contributed by atoms with Gasteiger partial charge in [0.05, 0.1) is 11.9 Å². The number of rotatable bonds is 1. The third-order valence-electron chi connectivity index (χ3n) is 4.02. The van der Waals surface area contributed by atoms with Crippen molar-refractivity contribution in [1.82, 2.24) is 15.5 Å². The molecule has 0 saturated carbocycles. The summed E-state index contributed by atoms with van der Waals surface area (Å²) in [5.74, 6) is 1.30. The Kier molecular flexibility index (Phi) is 2.60. The molecule has 0 spiro atoms. The molecule has 1 aromatic heterocycles. The van der Waals surface area contributed by atoms with Crippen molar-refractivity contribution in [2.45, 2.75) is 13.0 Å². The topological polar surface area (TPSA) is 61.0 Å². The van der Waals surface area contributed by atoms with Crippen LogP contribution in [-0.2, 0) is 0 Å². The third kappa shape index (κ3) is 1.65. The number of hydrogen-bond acceptors (Lipinski definition) is 4. The first-order valence-electron chi connectivity index (χ1n) is 5.89. The fourth-order valence-electron chi connectivity index (χ4n) is 3.06. The van der Waals surface area contributed by atoms with Gasteiger partial charge in [0.25, 0.3) is 5.56 Å². The minimum Gasteiger partial charge on any atom is -0.365 e. The Balaban J connectivity index is 1.95. The molecule has 5 nitrogen and oxygen atoms in total. The van der Waals surface area contributed by atoms with Crippen LogP contribution in [0.3, 0.4) is 0 Å². The second kappa shape index (κ2) is 3.99. The predicted octanol–water partition coefficient (Wildman–Crippen LogP) is 0.467. The molecule has 3 heterocycles. The number of H-pyrrole nitrogens is 1. The van der Waals surface area contributed by atoms with Crippen molar-refractivity contribution in [3.05, 3.63) is 21.6 Å². The van der Waals surface area contributed by atoms with Gasteiger partial charge in [-0.15, -0.1) is 0 Å². The SMILES string of the molecule is CC1C2CNCC2CN1c1cn[nH]c(=O)c1Cl. The minimum absolute atomic E-state index is 0.250. The molecule has 0 radical (unpaired) electrons. The summed E-state index contributed by atoms with van der Waals surface area (Å²) in [7, 11) is 0. The maximum atomic E-state index is 11.5. The highest BCUT2D eigenvalue weighted by Gasteiger charge is 2.42. The highest BCUT2D eigenvalue weighted by Crippen LogP contribution is 2.37. The average Bonchev–Trinajstić information content (AvgIpc) is 2.87. The lowest BCUT2D eigenvalue weighted by molar-refractivity contribution is 0.471. The first-order valence-corrected chi connectivity index (χ1v) is 6.27. The van der Waals surface area contributed by atoms with Gasteiger partial charge < -0.3 is 10.2 Å². The van der Waals surface area contributed by atoms with Gasteiger partial charge in [0.15, 0.2) is 0 Å². The Bertz CT molecular complexity index is 489. The molecule has 0 aromatic carbocycles. The average molecular weight is 255 g/mol. The van der Waals surface area contributed by atoms with Gasteiger partial charge in [-0.05, 0) is 18.8 Å². The van der Waals surface area contributed by atoms with E-state index in [1.165, 1.54) is 0 Å². The standard InChI is InChI=1S/C11H15ClN4O/c1-6-8-3-13-2-7(8)5-16(6)9-4-14-15-11(17)10(9)12/h4,6-8,13H,2-3,5H2,1H3,(H,15,17). The Morgan fingerprint density at radius 1 is 1.53 bits per heavy atom. The summed E-state index contributed by atoms with van der Waals surface area (Å²) in [6.07, 6.45) is 1.65. The maximum absolute atomic E-state index is 11.5. The summed E-state index contributed by atoms with van der Waals surface area (Å²) < 4.78 is 0. The van der Waals surface area contributed by atoms with E-state index in [4.69, 9.17) is 11.6 Å². The third-order valence-corrected chi connectivity index (χ3v) is 4.39. The van der Waals surface area contributed by atoms with Gasteiger partial charge >= 0.3 is 0 Å². The lowest BCUT2D eigenvalue weighted by Crippen LogP contribution is -2.34. The molecule has 92 valence electrons. The van der Waals surface area contributed by atoms with Crippen LogP contribution < -0.4 is 15.8 Å². The first-order chi connectivity index (χ1) is 8.18. The highest BCUT2D eigenvalue weighted by atomic mass is 35.5. The number of anilines is 1. The number of fused-ring (bicyclic) bond motifs is 1. The van der Waals surface area contributed by atoms with E-state index in [-0.39, 0.29) is 10.6 Å². The lowest BCUT2D eigenvalue weighted by atomic mass is 9.95. The number of hydrogen-bond donors (Lipinski definition) is 2. The van der Waals surface area contributed by atoms with Crippen molar-refractivity contribution in [2.75, 3.05) is 24.5 Å². The molecule has 17 heavy (non-hydrogen) atoms. The summed E-state index contributed by atoms with van der Waals surface area (Å²) in [6, 6.07) is 0.399. The number of nitrogens with zero attached hydrogens (tertiary/aromatic N) is 2. The number of aromatic nitrogens is 2. The van der Waals surface area contributed by atoms with Crippen LogP contribution in [0.25, 0.3) is 0 Å². The van der Waals surface area contributed by atoms with Crippen molar-refractivity contribution in [1.29, 1.82) is 0 Å². The molecule has 1 aromatic rings. The van der Waals surface area contributed by atoms with Crippen LogP contribution in [0.15, 0.2) is 11.0 Å². The van der Waals surface area contributed by atoms with E-state index in [9.17, 15) is 4.79 Å².